The van der Waals surface area contributed by atoms with Gasteiger partial charge in [0.25, 0.3) is 5.91 Å². The summed E-state index contributed by atoms with van der Waals surface area (Å²) in [6.45, 7) is 0.403. The zero-order chi connectivity index (χ0) is 12.5. The Morgan fingerprint density at radius 3 is 2.76 bits per heavy atom. The van der Waals surface area contributed by atoms with Gasteiger partial charge >= 0.3 is 0 Å². The molecular weight excluding hydrogens is 218 g/mol. The summed E-state index contributed by atoms with van der Waals surface area (Å²) in [5.74, 6) is -0.0848. The fourth-order valence-electron chi connectivity index (χ4n) is 2.46. The molecule has 1 amide bonds. The molecule has 1 heterocycles. The Hall–Kier alpha value is -1.36. The fraction of sp³-hybridized carbons (Fsp3) is 0.667. The van der Waals surface area contributed by atoms with Crippen LogP contribution in [-0.2, 0) is 7.05 Å². The Bertz CT molecular complexity index is 408. The number of hydrogen-bond donors (Lipinski definition) is 1. The van der Waals surface area contributed by atoms with Crippen molar-refractivity contribution in [2.24, 2.45) is 7.05 Å². The second kappa shape index (κ2) is 4.49. The lowest BCUT2D eigenvalue weighted by Gasteiger charge is -2.28. The number of rotatable bonds is 3. The zero-order valence-corrected chi connectivity index (χ0v) is 10.4. The Kier molecular flexibility index (Phi) is 3.19. The second-order valence-corrected chi connectivity index (χ2v) is 5.00. The van der Waals surface area contributed by atoms with Gasteiger partial charge in [-0.2, -0.15) is 5.10 Å². The Labute approximate surface area is 101 Å². The van der Waals surface area contributed by atoms with Gasteiger partial charge in [-0.15, -0.1) is 0 Å². The molecule has 0 atom stereocenters. The van der Waals surface area contributed by atoms with Crippen LogP contribution in [0.3, 0.4) is 0 Å². The standard InChI is InChI=1S/C12H19N3O2/c1-14(9-12(17)5-3-4-6-12)11(16)10-7-13-15(2)8-10/h7-8,17H,3-6,9H2,1-2H3. The van der Waals surface area contributed by atoms with Crippen LogP contribution in [0.15, 0.2) is 12.4 Å². The molecule has 1 aromatic heterocycles. The molecule has 2 rings (SSSR count). The molecule has 0 saturated heterocycles. The van der Waals surface area contributed by atoms with Crippen molar-refractivity contribution in [2.45, 2.75) is 31.3 Å². The van der Waals surface area contributed by atoms with E-state index in [-0.39, 0.29) is 5.91 Å². The van der Waals surface area contributed by atoms with Crippen molar-refractivity contribution < 1.29 is 9.90 Å². The van der Waals surface area contributed by atoms with Gasteiger partial charge in [0.05, 0.1) is 17.4 Å². The molecule has 0 aromatic carbocycles. The largest absolute Gasteiger partial charge is 0.388 e. The molecule has 1 aliphatic carbocycles. The number of hydrogen-bond acceptors (Lipinski definition) is 3. The van der Waals surface area contributed by atoms with Crippen molar-refractivity contribution in [2.75, 3.05) is 13.6 Å². The van der Waals surface area contributed by atoms with E-state index in [4.69, 9.17) is 0 Å². The van der Waals surface area contributed by atoms with Crippen molar-refractivity contribution in [3.63, 3.8) is 0 Å². The summed E-state index contributed by atoms with van der Waals surface area (Å²) in [7, 11) is 3.51. The van der Waals surface area contributed by atoms with Crippen LogP contribution >= 0.6 is 0 Å². The predicted molar refractivity (Wildman–Crippen MR) is 63.6 cm³/mol. The summed E-state index contributed by atoms with van der Waals surface area (Å²) in [5.41, 5.74) is -0.122. The van der Waals surface area contributed by atoms with Crippen molar-refractivity contribution >= 4 is 5.91 Å². The maximum absolute atomic E-state index is 12.0. The highest BCUT2D eigenvalue weighted by molar-refractivity contribution is 5.93. The monoisotopic (exact) mass is 237 g/mol. The number of aromatic nitrogens is 2. The lowest BCUT2D eigenvalue weighted by molar-refractivity contribution is 0.0157. The molecular formula is C12H19N3O2. The third-order valence-electron chi connectivity index (χ3n) is 3.36. The van der Waals surface area contributed by atoms with Crippen LogP contribution in [0.25, 0.3) is 0 Å². The van der Waals surface area contributed by atoms with Crippen molar-refractivity contribution in [3.05, 3.63) is 18.0 Å². The minimum atomic E-state index is -0.688. The average Bonchev–Trinajstić information content (AvgIpc) is 2.86. The lowest BCUT2D eigenvalue weighted by atomic mass is 10.0. The molecule has 0 unspecified atom stereocenters. The highest BCUT2D eigenvalue weighted by atomic mass is 16.3. The third-order valence-corrected chi connectivity index (χ3v) is 3.36. The number of nitrogens with zero attached hydrogens (tertiary/aromatic N) is 3. The molecule has 94 valence electrons. The smallest absolute Gasteiger partial charge is 0.256 e. The molecule has 1 aromatic rings. The third kappa shape index (κ3) is 2.66. The molecule has 0 aliphatic heterocycles. The summed E-state index contributed by atoms with van der Waals surface area (Å²) < 4.78 is 1.60. The van der Waals surface area contributed by atoms with Crippen LogP contribution in [0.5, 0.6) is 0 Å². The molecule has 1 aliphatic rings. The average molecular weight is 237 g/mol. The van der Waals surface area contributed by atoms with Crippen LogP contribution in [0.2, 0.25) is 0 Å². The van der Waals surface area contributed by atoms with E-state index in [2.05, 4.69) is 5.10 Å². The second-order valence-electron chi connectivity index (χ2n) is 5.00. The first-order chi connectivity index (χ1) is 8.00. The van der Waals surface area contributed by atoms with Gasteiger partial charge in [-0.3, -0.25) is 9.48 Å². The van der Waals surface area contributed by atoms with Crippen LogP contribution < -0.4 is 0 Å². The first-order valence-electron chi connectivity index (χ1n) is 5.97. The zero-order valence-electron chi connectivity index (χ0n) is 10.4. The van der Waals surface area contributed by atoms with E-state index in [1.807, 2.05) is 0 Å². The summed E-state index contributed by atoms with van der Waals surface area (Å²) in [6.07, 6.45) is 6.92. The van der Waals surface area contributed by atoms with E-state index < -0.39 is 5.60 Å². The van der Waals surface area contributed by atoms with Gasteiger partial charge in [0.15, 0.2) is 0 Å². The minimum Gasteiger partial charge on any atom is -0.388 e. The van der Waals surface area contributed by atoms with Crippen LogP contribution in [0, 0.1) is 0 Å². The van der Waals surface area contributed by atoms with Gasteiger partial charge in [0.1, 0.15) is 0 Å². The van der Waals surface area contributed by atoms with E-state index in [0.29, 0.717) is 12.1 Å². The van der Waals surface area contributed by atoms with Gasteiger partial charge in [-0.25, -0.2) is 0 Å². The number of aliphatic hydroxyl groups is 1. The molecule has 5 heteroatoms. The van der Waals surface area contributed by atoms with Gasteiger partial charge in [0.2, 0.25) is 0 Å². The first-order valence-corrected chi connectivity index (χ1v) is 5.97. The van der Waals surface area contributed by atoms with E-state index >= 15 is 0 Å². The summed E-state index contributed by atoms with van der Waals surface area (Å²) in [5, 5.41) is 14.2. The number of amides is 1. The number of carbonyl (C=O) groups is 1. The molecule has 1 N–H and O–H groups in total. The Balaban J connectivity index is 2.00. The molecule has 17 heavy (non-hydrogen) atoms. The summed E-state index contributed by atoms with van der Waals surface area (Å²) in [4.78, 5) is 13.6. The quantitative estimate of drug-likeness (QED) is 0.846. The molecule has 0 bridgehead atoms. The van der Waals surface area contributed by atoms with Crippen LogP contribution in [0.1, 0.15) is 36.0 Å². The number of aryl methyl sites for hydroxylation is 1. The maximum Gasteiger partial charge on any atom is 0.256 e. The van der Waals surface area contributed by atoms with Crippen LogP contribution in [0.4, 0.5) is 0 Å². The molecule has 0 radical (unpaired) electrons. The normalized spacial score (nSPS) is 18.3. The SMILES string of the molecule is CN(CC1(O)CCCC1)C(=O)c1cnn(C)c1. The van der Waals surface area contributed by atoms with Crippen LogP contribution in [-0.4, -0.2) is 44.9 Å². The van der Waals surface area contributed by atoms with E-state index in [9.17, 15) is 9.90 Å². The highest BCUT2D eigenvalue weighted by Crippen LogP contribution is 2.30. The summed E-state index contributed by atoms with van der Waals surface area (Å²) in [6, 6.07) is 0. The number of carbonyl (C=O) groups excluding carboxylic acids is 1. The molecule has 5 nitrogen and oxygen atoms in total. The molecule has 1 fully saturated rings. The maximum atomic E-state index is 12.0. The van der Waals surface area contributed by atoms with Gasteiger partial charge in [0, 0.05) is 26.8 Å². The fourth-order valence-corrected chi connectivity index (χ4v) is 2.46. The molecule has 1 saturated carbocycles. The van der Waals surface area contributed by atoms with E-state index in [1.54, 1.807) is 36.1 Å². The Morgan fingerprint density at radius 2 is 2.24 bits per heavy atom. The highest BCUT2D eigenvalue weighted by Gasteiger charge is 2.33. The summed E-state index contributed by atoms with van der Waals surface area (Å²) >= 11 is 0. The first kappa shape index (κ1) is 12.1. The van der Waals surface area contributed by atoms with Gasteiger partial charge < -0.3 is 10.0 Å². The lowest BCUT2D eigenvalue weighted by Crippen LogP contribution is -2.41. The molecule has 0 spiro atoms. The van der Waals surface area contributed by atoms with Gasteiger partial charge in [-0.05, 0) is 12.8 Å². The number of likely N-dealkylation sites (N-methyl/N-ethyl adjacent to an activating group) is 1. The van der Waals surface area contributed by atoms with Crippen molar-refractivity contribution in [1.29, 1.82) is 0 Å². The van der Waals surface area contributed by atoms with Crippen molar-refractivity contribution in [1.82, 2.24) is 14.7 Å². The van der Waals surface area contributed by atoms with E-state index in [1.165, 1.54) is 0 Å². The Morgan fingerprint density at radius 1 is 1.59 bits per heavy atom. The van der Waals surface area contributed by atoms with Gasteiger partial charge in [-0.1, -0.05) is 12.8 Å². The predicted octanol–water partition coefficient (Wildman–Crippen LogP) is 0.797. The minimum absolute atomic E-state index is 0.0848. The van der Waals surface area contributed by atoms with Crippen molar-refractivity contribution in [3.8, 4) is 0 Å². The van der Waals surface area contributed by atoms with E-state index in [0.717, 1.165) is 25.7 Å². The topological polar surface area (TPSA) is 58.4 Å².